The minimum absolute atomic E-state index is 0.0857. The fourth-order valence-corrected chi connectivity index (χ4v) is 2.71. The predicted octanol–water partition coefficient (Wildman–Crippen LogP) is 1.82. The highest BCUT2D eigenvalue weighted by Crippen LogP contribution is 2.26. The van der Waals surface area contributed by atoms with E-state index in [2.05, 4.69) is 10.2 Å². The summed E-state index contributed by atoms with van der Waals surface area (Å²) in [4.78, 5) is 14.4. The Balaban J connectivity index is 2.01. The van der Waals surface area contributed by atoms with Gasteiger partial charge < -0.3 is 15.5 Å². The molecule has 118 valence electrons. The van der Waals surface area contributed by atoms with Crippen molar-refractivity contribution in [1.29, 1.82) is 0 Å². The minimum atomic E-state index is -0.456. The lowest BCUT2D eigenvalue weighted by Gasteiger charge is -2.27. The third-order valence-electron chi connectivity index (χ3n) is 4.16. The standard InChI is InChI=1S/C16H27N3O2/c1-11(2)15(17)16(20)18-10-13(19-8-4-5-9-19)14-7-6-12(3)21-14/h6-7,11,13,15H,4-5,8-10,17H2,1-3H3,(H,18,20)/t13?,15-/m0/s1. The van der Waals surface area contributed by atoms with E-state index in [4.69, 9.17) is 10.2 Å². The number of aryl methyl sites for hydroxylation is 1. The van der Waals surface area contributed by atoms with Gasteiger partial charge in [-0.3, -0.25) is 9.69 Å². The van der Waals surface area contributed by atoms with E-state index in [1.165, 1.54) is 12.8 Å². The van der Waals surface area contributed by atoms with Crippen LogP contribution in [0.1, 0.15) is 44.3 Å². The zero-order valence-electron chi connectivity index (χ0n) is 13.3. The SMILES string of the molecule is Cc1ccc(C(CNC(=O)[C@@H](N)C(C)C)N2CCCC2)o1. The van der Waals surface area contributed by atoms with E-state index >= 15 is 0 Å². The molecule has 0 saturated carbocycles. The Bertz CT molecular complexity index is 464. The van der Waals surface area contributed by atoms with Crippen LogP contribution >= 0.6 is 0 Å². The zero-order chi connectivity index (χ0) is 15.4. The first-order valence-electron chi connectivity index (χ1n) is 7.82. The van der Waals surface area contributed by atoms with Crippen LogP contribution in [0.25, 0.3) is 0 Å². The molecule has 2 rings (SSSR count). The molecule has 0 bridgehead atoms. The molecule has 2 heterocycles. The Labute approximate surface area is 126 Å². The highest BCUT2D eigenvalue weighted by molar-refractivity contribution is 5.81. The van der Waals surface area contributed by atoms with Gasteiger partial charge in [-0.1, -0.05) is 13.8 Å². The second kappa shape index (κ2) is 7.09. The molecule has 0 aliphatic carbocycles. The van der Waals surface area contributed by atoms with E-state index in [0.717, 1.165) is 24.6 Å². The first-order chi connectivity index (χ1) is 9.99. The maximum Gasteiger partial charge on any atom is 0.237 e. The predicted molar refractivity (Wildman–Crippen MR) is 82.8 cm³/mol. The van der Waals surface area contributed by atoms with Gasteiger partial charge in [0, 0.05) is 6.54 Å². The summed E-state index contributed by atoms with van der Waals surface area (Å²) in [6, 6.07) is 3.62. The van der Waals surface area contributed by atoms with E-state index in [-0.39, 0.29) is 17.9 Å². The maximum absolute atomic E-state index is 12.1. The van der Waals surface area contributed by atoms with Gasteiger partial charge in [-0.05, 0) is 50.9 Å². The second-order valence-corrected chi connectivity index (χ2v) is 6.22. The number of rotatable bonds is 6. The first kappa shape index (κ1) is 16.0. The molecule has 1 fully saturated rings. The number of likely N-dealkylation sites (tertiary alicyclic amines) is 1. The van der Waals surface area contributed by atoms with E-state index in [1.807, 2.05) is 32.9 Å². The Kier molecular flexibility index (Phi) is 5.42. The van der Waals surface area contributed by atoms with Crippen LogP contribution in [0.15, 0.2) is 16.5 Å². The summed E-state index contributed by atoms with van der Waals surface area (Å²) in [6.07, 6.45) is 2.41. The lowest BCUT2D eigenvalue weighted by molar-refractivity contribution is -0.123. The third-order valence-corrected chi connectivity index (χ3v) is 4.16. The topological polar surface area (TPSA) is 71.5 Å². The molecule has 1 amide bonds. The first-order valence-corrected chi connectivity index (χ1v) is 7.82. The van der Waals surface area contributed by atoms with Crippen LogP contribution in [0.4, 0.5) is 0 Å². The van der Waals surface area contributed by atoms with Crippen molar-refractivity contribution in [2.75, 3.05) is 19.6 Å². The normalized spacial score (nSPS) is 18.9. The van der Waals surface area contributed by atoms with Crippen LogP contribution in [0.3, 0.4) is 0 Å². The molecule has 1 aromatic heterocycles. The monoisotopic (exact) mass is 293 g/mol. The van der Waals surface area contributed by atoms with Gasteiger partial charge in [-0.15, -0.1) is 0 Å². The number of carbonyl (C=O) groups is 1. The Hall–Kier alpha value is -1.33. The van der Waals surface area contributed by atoms with Crippen molar-refractivity contribution in [3.8, 4) is 0 Å². The molecule has 1 saturated heterocycles. The van der Waals surface area contributed by atoms with Crippen molar-refractivity contribution in [2.45, 2.75) is 45.7 Å². The highest BCUT2D eigenvalue weighted by atomic mass is 16.3. The molecule has 2 atom stereocenters. The molecule has 1 unspecified atom stereocenters. The van der Waals surface area contributed by atoms with Gasteiger partial charge in [0.2, 0.25) is 5.91 Å². The van der Waals surface area contributed by atoms with Gasteiger partial charge in [-0.25, -0.2) is 0 Å². The fourth-order valence-electron chi connectivity index (χ4n) is 2.71. The van der Waals surface area contributed by atoms with Crippen molar-refractivity contribution < 1.29 is 9.21 Å². The van der Waals surface area contributed by atoms with Gasteiger partial charge in [-0.2, -0.15) is 0 Å². The van der Waals surface area contributed by atoms with Crippen LogP contribution in [-0.2, 0) is 4.79 Å². The number of hydrogen-bond acceptors (Lipinski definition) is 4. The summed E-state index contributed by atoms with van der Waals surface area (Å²) in [6.45, 7) is 8.51. The maximum atomic E-state index is 12.1. The molecular weight excluding hydrogens is 266 g/mol. The molecule has 1 aromatic rings. The Morgan fingerprint density at radius 2 is 2.05 bits per heavy atom. The fraction of sp³-hybridized carbons (Fsp3) is 0.688. The molecule has 0 spiro atoms. The van der Waals surface area contributed by atoms with Gasteiger partial charge in [0.15, 0.2) is 0 Å². The molecule has 5 heteroatoms. The van der Waals surface area contributed by atoms with E-state index in [0.29, 0.717) is 6.54 Å². The molecule has 0 radical (unpaired) electrons. The average molecular weight is 293 g/mol. The number of nitrogens with zero attached hydrogens (tertiary/aromatic N) is 1. The summed E-state index contributed by atoms with van der Waals surface area (Å²) in [5.41, 5.74) is 5.89. The molecule has 0 aromatic carbocycles. The van der Waals surface area contributed by atoms with Crippen LogP contribution in [0.2, 0.25) is 0 Å². The smallest absolute Gasteiger partial charge is 0.237 e. The van der Waals surface area contributed by atoms with Crippen LogP contribution in [0, 0.1) is 12.8 Å². The summed E-state index contributed by atoms with van der Waals surface area (Å²) < 4.78 is 5.77. The minimum Gasteiger partial charge on any atom is -0.465 e. The number of furan rings is 1. The van der Waals surface area contributed by atoms with E-state index in [9.17, 15) is 4.79 Å². The molecule has 1 aliphatic rings. The third kappa shape index (κ3) is 4.08. The summed E-state index contributed by atoms with van der Waals surface area (Å²) in [5, 5.41) is 2.98. The molecule has 5 nitrogen and oxygen atoms in total. The second-order valence-electron chi connectivity index (χ2n) is 6.22. The zero-order valence-corrected chi connectivity index (χ0v) is 13.3. The van der Waals surface area contributed by atoms with Gasteiger partial charge in [0.1, 0.15) is 11.5 Å². The number of carbonyl (C=O) groups excluding carboxylic acids is 1. The van der Waals surface area contributed by atoms with E-state index < -0.39 is 6.04 Å². The number of amides is 1. The van der Waals surface area contributed by atoms with Gasteiger partial charge in [0.05, 0.1) is 12.1 Å². The summed E-state index contributed by atoms with van der Waals surface area (Å²) in [7, 11) is 0. The van der Waals surface area contributed by atoms with E-state index in [1.54, 1.807) is 0 Å². The number of hydrogen-bond donors (Lipinski definition) is 2. The summed E-state index contributed by atoms with van der Waals surface area (Å²) >= 11 is 0. The Morgan fingerprint density at radius 3 is 2.57 bits per heavy atom. The van der Waals surface area contributed by atoms with Crippen LogP contribution in [-0.4, -0.2) is 36.5 Å². The van der Waals surface area contributed by atoms with Crippen molar-refractivity contribution in [3.63, 3.8) is 0 Å². The summed E-state index contributed by atoms with van der Waals surface area (Å²) in [5.74, 6) is 1.88. The van der Waals surface area contributed by atoms with Gasteiger partial charge in [0.25, 0.3) is 0 Å². The average Bonchev–Trinajstić information content (AvgIpc) is 3.10. The van der Waals surface area contributed by atoms with Crippen LogP contribution in [0.5, 0.6) is 0 Å². The van der Waals surface area contributed by atoms with Crippen molar-refractivity contribution in [3.05, 3.63) is 23.7 Å². The molecule has 1 aliphatic heterocycles. The Morgan fingerprint density at radius 1 is 1.38 bits per heavy atom. The van der Waals surface area contributed by atoms with Crippen molar-refractivity contribution >= 4 is 5.91 Å². The van der Waals surface area contributed by atoms with Crippen LogP contribution < -0.4 is 11.1 Å². The highest BCUT2D eigenvalue weighted by Gasteiger charge is 2.27. The molecule has 21 heavy (non-hydrogen) atoms. The lowest BCUT2D eigenvalue weighted by Crippen LogP contribution is -2.46. The van der Waals surface area contributed by atoms with Gasteiger partial charge >= 0.3 is 0 Å². The molecule has 3 N–H and O–H groups in total. The molecular formula is C16H27N3O2. The largest absolute Gasteiger partial charge is 0.465 e. The quantitative estimate of drug-likeness (QED) is 0.839. The lowest BCUT2D eigenvalue weighted by atomic mass is 10.0. The van der Waals surface area contributed by atoms with Crippen molar-refractivity contribution in [1.82, 2.24) is 10.2 Å². The number of nitrogens with two attached hydrogens (primary N) is 1. The van der Waals surface area contributed by atoms with Crippen molar-refractivity contribution in [2.24, 2.45) is 11.7 Å². The number of nitrogens with one attached hydrogen (secondary N) is 1.